The van der Waals surface area contributed by atoms with Crippen LogP contribution in [0.25, 0.3) is 10.9 Å². The molecule has 4 heterocycles. The zero-order chi connectivity index (χ0) is 20.8. The summed E-state index contributed by atoms with van der Waals surface area (Å²) in [6, 6.07) is 5.59. The van der Waals surface area contributed by atoms with Gasteiger partial charge in [-0.3, -0.25) is 9.69 Å². The molecule has 3 aliphatic rings. The molecule has 10 nitrogen and oxygen atoms in total. The van der Waals surface area contributed by atoms with Crippen LogP contribution < -0.4 is 15.0 Å². The van der Waals surface area contributed by atoms with Gasteiger partial charge in [-0.2, -0.15) is 0 Å². The molecule has 0 bridgehead atoms. The fourth-order valence-corrected chi connectivity index (χ4v) is 4.94. The maximum Gasteiger partial charge on any atom is 0.253 e. The van der Waals surface area contributed by atoms with Crippen molar-refractivity contribution in [3.8, 4) is 11.5 Å². The Morgan fingerprint density at radius 3 is 2.65 bits per heavy atom. The highest BCUT2D eigenvalue weighted by atomic mass is 16.7. The van der Waals surface area contributed by atoms with Gasteiger partial charge >= 0.3 is 0 Å². The van der Waals surface area contributed by atoms with Crippen LogP contribution in [0, 0.1) is 0 Å². The first-order valence-electron chi connectivity index (χ1n) is 10.8. The molecule has 2 aromatic heterocycles. The Morgan fingerprint density at radius 1 is 1.06 bits per heavy atom. The molecule has 6 rings (SSSR count). The number of fused-ring (bicyclic) bond motifs is 2. The largest absolute Gasteiger partial charge is 0.454 e. The predicted molar refractivity (Wildman–Crippen MR) is 110 cm³/mol. The second-order valence-electron chi connectivity index (χ2n) is 8.32. The summed E-state index contributed by atoms with van der Waals surface area (Å²) >= 11 is 0. The van der Waals surface area contributed by atoms with E-state index in [9.17, 15) is 4.79 Å². The van der Waals surface area contributed by atoms with Crippen molar-refractivity contribution >= 4 is 10.9 Å². The third-order valence-electron chi connectivity index (χ3n) is 6.50. The number of nitrogens with zero attached hydrogens (tertiary/aromatic N) is 5. The molecule has 0 radical (unpaired) electrons. The summed E-state index contributed by atoms with van der Waals surface area (Å²) in [7, 11) is 0. The lowest BCUT2D eigenvalue weighted by molar-refractivity contribution is 0.0211. The van der Waals surface area contributed by atoms with Crippen LogP contribution in [0.4, 0.5) is 0 Å². The number of hydrogen-bond donors (Lipinski definition) is 1. The van der Waals surface area contributed by atoms with Gasteiger partial charge in [0, 0.05) is 30.1 Å². The van der Waals surface area contributed by atoms with Crippen molar-refractivity contribution in [2.45, 2.75) is 37.8 Å². The molecule has 1 aliphatic carbocycles. The van der Waals surface area contributed by atoms with Crippen LogP contribution >= 0.6 is 0 Å². The average Bonchev–Trinajstić information content (AvgIpc) is 3.55. The molecule has 0 unspecified atom stereocenters. The molecule has 1 saturated heterocycles. The maximum absolute atomic E-state index is 13.3. The summed E-state index contributed by atoms with van der Waals surface area (Å²) in [6.07, 6.45) is 4.47. The van der Waals surface area contributed by atoms with Crippen LogP contribution in [0.3, 0.4) is 0 Å². The number of nitrogens with one attached hydrogen (secondary N) is 1. The minimum Gasteiger partial charge on any atom is -0.454 e. The van der Waals surface area contributed by atoms with Crippen LogP contribution in [0.2, 0.25) is 0 Å². The van der Waals surface area contributed by atoms with E-state index < -0.39 is 0 Å². The number of aromatic amines is 1. The lowest BCUT2D eigenvalue weighted by Crippen LogP contribution is -2.42. The smallest absolute Gasteiger partial charge is 0.253 e. The van der Waals surface area contributed by atoms with Gasteiger partial charge in [-0.15, -0.1) is 5.10 Å². The van der Waals surface area contributed by atoms with Crippen molar-refractivity contribution in [3.05, 3.63) is 39.9 Å². The second kappa shape index (κ2) is 7.61. The first-order valence-corrected chi connectivity index (χ1v) is 10.8. The zero-order valence-corrected chi connectivity index (χ0v) is 17.1. The van der Waals surface area contributed by atoms with E-state index in [-0.39, 0.29) is 24.4 Å². The highest BCUT2D eigenvalue weighted by Crippen LogP contribution is 2.37. The molecule has 3 aromatic rings. The summed E-state index contributed by atoms with van der Waals surface area (Å²) < 4.78 is 18.5. The van der Waals surface area contributed by atoms with Gasteiger partial charge in [0.15, 0.2) is 17.3 Å². The van der Waals surface area contributed by atoms with Crippen molar-refractivity contribution in [2.75, 3.05) is 33.1 Å². The normalized spacial score (nSPS) is 20.5. The number of benzene rings is 1. The van der Waals surface area contributed by atoms with Gasteiger partial charge in [-0.1, -0.05) is 12.8 Å². The Balaban J connectivity index is 1.49. The highest BCUT2D eigenvalue weighted by Gasteiger charge is 2.34. The van der Waals surface area contributed by atoms with Crippen molar-refractivity contribution in [3.63, 3.8) is 0 Å². The zero-order valence-electron chi connectivity index (χ0n) is 17.1. The summed E-state index contributed by atoms with van der Waals surface area (Å²) in [5.74, 6) is 2.05. The summed E-state index contributed by atoms with van der Waals surface area (Å²) in [6.45, 7) is 2.84. The van der Waals surface area contributed by atoms with Gasteiger partial charge in [0.05, 0.1) is 24.8 Å². The van der Waals surface area contributed by atoms with Gasteiger partial charge in [-0.05, 0) is 35.4 Å². The number of pyridine rings is 1. The number of hydrogen-bond acceptors (Lipinski definition) is 8. The number of ether oxygens (including phenoxy) is 3. The second-order valence-corrected chi connectivity index (χ2v) is 8.32. The summed E-state index contributed by atoms with van der Waals surface area (Å²) in [5.41, 5.74) is 1.19. The van der Waals surface area contributed by atoms with Crippen LogP contribution in [0.5, 0.6) is 11.5 Å². The highest BCUT2D eigenvalue weighted by molar-refractivity contribution is 5.83. The van der Waals surface area contributed by atoms with Gasteiger partial charge < -0.3 is 19.2 Å². The number of morpholine rings is 1. The van der Waals surface area contributed by atoms with Crippen LogP contribution in [0.15, 0.2) is 23.0 Å². The third kappa shape index (κ3) is 3.26. The lowest BCUT2D eigenvalue weighted by Gasteiger charge is -2.34. The SMILES string of the molecule is O=c1[nH]c2cc3c(cc2cc1[C@H](c1nnnn1C1CCCC1)N1CCOCC1)OCO3. The van der Waals surface area contributed by atoms with Crippen LogP contribution in [-0.2, 0) is 4.74 Å². The Morgan fingerprint density at radius 2 is 1.84 bits per heavy atom. The monoisotopic (exact) mass is 424 g/mol. The standard InChI is InChI=1S/C21H24N6O4/c28-21-15(9-13-10-17-18(31-12-30-17)11-16(13)22-21)19(26-5-7-29-8-6-26)20-23-24-25-27(20)14-3-1-2-4-14/h9-11,14,19H,1-8,12H2,(H,22,28)/t19-/m1/s1. The molecule has 1 aromatic carbocycles. The topological polar surface area (TPSA) is 107 Å². The quantitative estimate of drug-likeness (QED) is 0.675. The first kappa shape index (κ1) is 18.8. The van der Waals surface area contributed by atoms with E-state index in [4.69, 9.17) is 14.2 Å². The van der Waals surface area contributed by atoms with E-state index in [1.54, 1.807) is 0 Å². The van der Waals surface area contributed by atoms with E-state index in [0.29, 0.717) is 48.9 Å². The van der Waals surface area contributed by atoms with Crippen molar-refractivity contribution in [1.82, 2.24) is 30.1 Å². The number of aromatic nitrogens is 5. The van der Waals surface area contributed by atoms with Crippen LogP contribution in [0.1, 0.15) is 49.2 Å². The van der Waals surface area contributed by atoms with Crippen molar-refractivity contribution in [1.29, 1.82) is 0 Å². The lowest BCUT2D eigenvalue weighted by atomic mass is 10.0. The summed E-state index contributed by atoms with van der Waals surface area (Å²) in [5, 5.41) is 13.6. The van der Waals surface area contributed by atoms with Crippen molar-refractivity contribution in [2.24, 2.45) is 0 Å². The van der Waals surface area contributed by atoms with Crippen LogP contribution in [-0.4, -0.2) is 63.2 Å². The minimum absolute atomic E-state index is 0.149. The molecule has 1 N–H and O–H groups in total. The molecular weight excluding hydrogens is 400 g/mol. The molecule has 10 heteroatoms. The molecule has 2 fully saturated rings. The molecule has 31 heavy (non-hydrogen) atoms. The minimum atomic E-state index is -0.349. The van der Waals surface area contributed by atoms with Gasteiger partial charge in [0.25, 0.3) is 5.56 Å². The van der Waals surface area contributed by atoms with E-state index in [1.165, 1.54) is 12.8 Å². The fraction of sp³-hybridized carbons (Fsp3) is 0.524. The van der Waals surface area contributed by atoms with E-state index in [2.05, 4.69) is 25.4 Å². The van der Waals surface area contributed by atoms with E-state index in [0.717, 1.165) is 24.1 Å². The third-order valence-corrected chi connectivity index (χ3v) is 6.50. The van der Waals surface area contributed by atoms with E-state index >= 15 is 0 Å². The molecular formula is C21H24N6O4. The van der Waals surface area contributed by atoms with Crippen molar-refractivity contribution < 1.29 is 14.2 Å². The Hall–Kier alpha value is -2.98. The molecule has 0 spiro atoms. The predicted octanol–water partition coefficient (Wildman–Crippen LogP) is 1.78. The Kier molecular flexibility index (Phi) is 4.61. The molecule has 162 valence electrons. The molecule has 0 amide bonds. The Bertz CT molecular complexity index is 1160. The first-order chi connectivity index (χ1) is 15.3. The number of H-pyrrole nitrogens is 1. The molecule has 1 atom stereocenters. The average molecular weight is 424 g/mol. The van der Waals surface area contributed by atoms with Gasteiger partial charge in [-0.25, -0.2) is 4.68 Å². The number of rotatable bonds is 4. The van der Waals surface area contributed by atoms with E-state index in [1.807, 2.05) is 22.9 Å². The molecule has 2 aliphatic heterocycles. The maximum atomic E-state index is 13.3. The fourth-order valence-electron chi connectivity index (χ4n) is 4.94. The summed E-state index contributed by atoms with van der Waals surface area (Å²) in [4.78, 5) is 18.6. The molecule has 1 saturated carbocycles. The number of tetrazole rings is 1. The van der Waals surface area contributed by atoms with Gasteiger partial charge in [0.2, 0.25) is 6.79 Å². The van der Waals surface area contributed by atoms with Gasteiger partial charge in [0.1, 0.15) is 6.04 Å². The Labute approximate surface area is 178 Å².